The summed E-state index contributed by atoms with van der Waals surface area (Å²) in [6.07, 6.45) is 1.81. The number of nitrogens with two attached hydrogens (primary N) is 1. The highest BCUT2D eigenvalue weighted by Gasteiger charge is 2.05. The number of thiazole rings is 1. The van der Waals surface area contributed by atoms with Crippen molar-refractivity contribution in [3.05, 3.63) is 36.5 Å². The second-order valence-corrected chi connectivity index (χ2v) is 4.16. The Labute approximate surface area is 90.0 Å². The van der Waals surface area contributed by atoms with Crippen molar-refractivity contribution in [1.82, 2.24) is 14.8 Å². The van der Waals surface area contributed by atoms with Gasteiger partial charge in [-0.15, -0.1) is 5.10 Å². The SMILES string of the molecule is Nc1ccn(-c2nc3ccccc3s2)n1. The molecule has 0 atom stereocenters. The van der Waals surface area contributed by atoms with Gasteiger partial charge < -0.3 is 5.73 Å². The van der Waals surface area contributed by atoms with Gasteiger partial charge in [-0.2, -0.15) is 0 Å². The molecule has 0 fully saturated rings. The molecular weight excluding hydrogens is 208 g/mol. The Morgan fingerprint density at radius 2 is 2.07 bits per heavy atom. The van der Waals surface area contributed by atoms with Gasteiger partial charge in [-0.3, -0.25) is 0 Å². The number of nitrogen functional groups attached to an aromatic ring is 1. The van der Waals surface area contributed by atoms with Gasteiger partial charge in [0.2, 0.25) is 5.13 Å². The number of benzene rings is 1. The van der Waals surface area contributed by atoms with Gasteiger partial charge in [0.25, 0.3) is 0 Å². The van der Waals surface area contributed by atoms with Crippen LogP contribution in [0, 0.1) is 0 Å². The first-order chi connectivity index (χ1) is 7.33. The molecule has 0 spiro atoms. The van der Waals surface area contributed by atoms with Gasteiger partial charge >= 0.3 is 0 Å². The Hall–Kier alpha value is -1.88. The number of fused-ring (bicyclic) bond motifs is 1. The van der Waals surface area contributed by atoms with E-state index in [-0.39, 0.29) is 0 Å². The molecule has 2 N–H and O–H groups in total. The van der Waals surface area contributed by atoms with Gasteiger partial charge in [0.1, 0.15) is 5.82 Å². The molecule has 0 radical (unpaired) electrons. The summed E-state index contributed by atoms with van der Waals surface area (Å²) in [5, 5.41) is 4.96. The predicted octanol–water partition coefficient (Wildman–Crippen LogP) is 2.06. The molecule has 2 heterocycles. The van der Waals surface area contributed by atoms with E-state index in [1.165, 1.54) is 0 Å². The Kier molecular flexibility index (Phi) is 1.72. The third-order valence-electron chi connectivity index (χ3n) is 2.09. The van der Waals surface area contributed by atoms with Gasteiger partial charge in [-0.25, -0.2) is 9.67 Å². The summed E-state index contributed by atoms with van der Waals surface area (Å²) < 4.78 is 2.85. The highest BCUT2D eigenvalue weighted by atomic mass is 32.1. The first-order valence-electron chi connectivity index (χ1n) is 4.50. The highest BCUT2D eigenvalue weighted by Crippen LogP contribution is 2.24. The van der Waals surface area contributed by atoms with Gasteiger partial charge in [0.05, 0.1) is 10.2 Å². The normalized spacial score (nSPS) is 10.9. The van der Waals surface area contributed by atoms with Gasteiger partial charge in [-0.05, 0) is 12.1 Å². The average Bonchev–Trinajstić information content (AvgIpc) is 2.82. The number of hydrogen-bond donors (Lipinski definition) is 1. The van der Waals surface area contributed by atoms with E-state index in [1.54, 1.807) is 22.1 Å². The fourth-order valence-corrected chi connectivity index (χ4v) is 2.30. The van der Waals surface area contributed by atoms with Crippen LogP contribution >= 0.6 is 11.3 Å². The second-order valence-electron chi connectivity index (χ2n) is 3.15. The molecule has 0 bridgehead atoms. The molecular formula is C10H8N4S. The Balaban J connectivity index is 2.19. The number of hydrogen-bond acceptors (Lipinski definition) is 4. The van der Waals surface area contributed by atoms with Crippen LogP contribution in [0.5, 0.6) is 0 Å². The second kappa shape index (κ2) is 3.06. The summed E-state index contributed by atoms with van der Waals surface area (Å²) in [4.78, 5) is 4.46. The minimum atomic E-state index is 0.509. The first kappa shape index (κ1) is 8.43. The van der Waals surface area contributed by atoms with Crippen LogP contribution in [0.3, 0.4) is 0 Å². The third kappa shape index (κ3) is 1.37. The minimum absolute atomic E-state index is 0.509. The van der Waals surface area contributed by atoms with Gasteiger partial charge in [-0.1, -0.05) is 23.5 Å². The molecule has 0 amide bonds. The smallest absolute Gasteiger partial charge is 0.211 e. The molecule has 0 aliphatic rings. The van der Waals surface area contributed by atoms with E-state index in [9.17, 15) is 0 Å². The summed E-state index contributed by atoms with van der Waals surface area (Å²) in [5.74, 6) is 0.509. The zero-order chi connectivity index (χ0) is 10.3. The molecule has 15 heavy (non-hydrogen) atoms. The van der Waals surface area contributed by atoms with E-state index in [1.807, 2.05) is 30.5 Å². The molecule has 3 rings (SSSR count). The third-order valence-corrected chi connectivity index (χ3v) is 3.11. The zero-order valence-corrected chi connectivity index (χ0v) is 8.61. The number of aromatic nitrogens is 3. The molecule has 5 heteroatoms. The van der Waals surface area contributed by atoms with Crippen LogP contribution in [0.1, 0.15) is 0 Å². The lowest BCUT2D eigenvalue weighted by atomic mass is 10.3. The first-order valence-corrected chi connectivity index (χ1v) is 5.32. The molecule has 0 aliphatic heterocycles. The van der Waals surface area contributed by atoms with Crippen LogP contribution in [0.15, 0.2) is 36.5 Å². The monoisotopic (exact) mass is 216 g/mol. The topological polar surface area (TPSA) is 56.7 Å². The lowest BCUT2D eigenvalue weighted by Crippen LogP contribution is -1.94. The molecule has 0 unspecified atom stereocenters. The lowest BCUT2D eigenvalue weighted by Gasteiger charge is -1.90. The molecule has 74 valence electrons. The van der Waals surface area contributed by atoms with E-state index >= 15 is 0 Å². The average molecular weight is 216 g/mol. The maximum atomic E-state index is 5.56. The standard InChI is InChI=1S/C10H8N4S/c11-9-5-6-14(13-9)10-12-7-3-1-2-4-8(7)15-10/h1-6H,(H2,11,13). The molecule has 0 aliphatic carbocycles. The molecule has 3 aromatic rings. The summed E-state index contributed by atoms with van der Waals surface area (Å²) in [7, 11) is 0. The summed E-state index contributed by atoms with van der Waals surface area (Å²) in [6, 6.07) is 9.77. The van der Waals surface area contributed by atoms with Crippen molar-refractivity contribution < 1.29 is 0 Å². The van der Waals surface area contributed by atoms with Crippen molar-refractivity contribution in [3.8, 4) is 5.13 Å². The van der Waals surface area contributed by atoms with Crippen molar-refractivity contribution in [3.63, 3.8) is 0 Å². The van der Waals surface area contributed by atoms with Crippen molar-refractivity contribution in [2.45, 2.75) is 0 Å². The zero-order valence-electron chi connectivity index (χ0n) is 7.79. The quantitative estimate of drug-likeness (QED) is 0.677. The summed E-state index contributed by atoms with van der Waals surface area (Å²) >= 11 is 1.60. The van der Waals surface area contributed by atoms with Gasteiger partial charge in [0.15, 0.2) is 0 Å². The number of para-hydroxylation sites is 1. The Bertz CT molecular complexity index is 577. The van der Waals surface area contributed by atoms with Crippen molar-refractivity contribution in [2.75, 3.05) is 5.73 Å². The Morgan fingerprint density at radius 3 is 2.80 bits per heavy atom. The van der Waals surface area contributed by atoms with Crippen LogP contribution in [-0.2, 0) is 0 Å². The number of nitrogens with zero attached hydrogens (tertiary/aromatic N) is 3. The molecule has 4 nitrogen and oxygen atoms in total. The van der Waals surface area contributed by atoms with E-state index in [0.717, 1.165) is 15.3 Å². The van der Waals surface area contributed by atoms with Crippen LogP contribution in [-0.4, -0.2) is 14.8 Å². The maximum Gasteiger partial charge on any atom is 0.211 e. The number of anilines is 1. The van der Waals surface area contributed by atoms with E-state index < -0.39 is 0 Å². The lowest BCUT2D eigenvalue weighted by molar-refractivity contribution is 0.878. The van der Waals surface area contributed by atoms with E-state index in [4.69, 9.17) is 5.73 Å². The molecule has 0 saturated carbocycles. The minimum Gasteiger partial charge on any atom is -0.382 e. The van der Waals surface area contributed by atoms with Crippen LogP contribution < -0.4 is 5.73 Å². The fourth-order valence-electron chi connectivity index (χ4n) is 1.40. The van der Waals surface area contributed by atoms with E-state index in [2.05, 4.69) is 10.1 Å². The van der Waals surface area contributed by atoms with Crippen LogP contribution in [0.2, 0.25) is 0 Å². The molecule has 1 aromatic carbocycles. The van der Waals surface area contributed by atoms with Crippen molar-refractivity contribution in [1.29, 1.82) is 0 Å². The maximum absolute atomic E-state index is 5.56. The van der Waals surface area contributed by atoms with E-state index in [0.29, 0.717) is 5.82 Å². The molecule has 2 aromatic heterocycles. The Morgan fingerprint density at radius 1 is 1.20 bits per heavy atom. The summed E-state index contributed by atoms with van der Waals surface area (Å²) in [5.41, 5.74) is 6.55. The summed E-state index contributed by atoms with van der Waals surface area (Å²) in [6.45, 7) is 0. The van der Waals surface area contributed by atoms with Crippen LogP contribution in [0.4, 0.5) is 5.82 Å². The predicted molar refractivity (Wildman–Crippen MR) is 61.2 cm³/mol. The van der Waals surface area contributed by atoms with Crippen LogP contribution in [0.25, 0.3) is 15.3 Å². The number of rotatable bonds is 1. The fraction of sp³-hybridized carbons (Fsp3) is 0. The highest BCUT2D eigenvalue weighted by molar-refractivity contribution is 7.20. The van der Waals surface area contributed by atoms with Crippen molar-refractivity contribution >= 4 is 27.4 Å². The molecule has 0 saturated heterocycles. The largest absolute Gasteiger partial charge is 0.382 e. The van der Waals surface area contributed by atoms with Crippen molar-refractivity contribution in [2.24, 2.45) is 0 Å². The van der Waals surface area contributed by atoms with Gasteiger partial charge in [0, 0.05) is 12.3 Å².